The summed E-state index contributed by atoms with van der Waals surface area (Å²) in [5.74, 6) is -1.96. The zero-order valence-corrected chi connectivity index (χ0v) is 16.5. The highest BCUT2D eigenvalue weighted by Gasteiger charge is 2.34. The third-order valence-electron chi connectivity index (χ3n) is 4.42. The highest BCUT2D eigenvalue weighted by molar-refractivity contribution is 5.96. The number of halogens is 3. The quantitative estimate of drug-likeness (QED) is 0.518. The molecule has 0 bridgehead atoms. The van der Waals surface area contributed by atoms with E-state index in [1.54, 1.807) is 12.1 Å². The van der Waals surface area contributed by atoms with Crippen molar-refractivity contribution in [1.82, 2.24) is 10.6 Å². The summed E-state index contributed by atoms with van der Waals surface area (Å²) in [5.41, 5.74) is 4.92. The zero-order valence-electron chi connectivity index (χ0n) is 16.5. The maximum Gasteiger partial charge on any atom is 0.417 e. The van der Waals surface area contributed by atoms with Gasteiger partial charge in [-0.1, -0.05) is 30.3 Å². The number of carbonyl (C=O) groups is 3. The van der Waals surface area contributed by atoms with Gasteiger partial charge in [0.25, 0.3) is 11.8 Å². The van der Waals surface area contributed by atoms with Crippen LogP contribution in [0.2, 0.25) is 0 Å². The van der Waals surface area contributed by atoms with Crippen LogP contribution in [-0.2, 0) is 17.5 Å². The number of furan rings is 1. The van der Waals surface area contributed by atoms with Gasteiger partial charge in [0.1, 0.15) is 5.76 Å². The molecule has 0 atom stereocenters. The van der Waals surface area contributed by atoms with Crippen molar-refractivity contribution in [2.75, 3.05) is 6.54 Å². The van der Waals surface area contributed by atoms with Crippen LogP contribution in [0.15, 0.2) is 65.1 Å². The van der Waals surface area contributed by atoms with Gasteiger partial charge in [-0.05, 0) is 35.9 Å². The number of nitrogens with two attached hydrogens (primary N) is 1. The van der Waals surface area contributed by atoms with Gasteiger partial charge in [0.05, 0.1) is 12.1 Å². The lowest BCUT2D eigenvalue weighted by Gasteiger charge is -2.10. The molecule has 0 saturated heterocycles. The minimum atomic E-state index is -4.56. The predicted octanol–water partition coefficient (Wildman–Crippen LogP) is 3.11. The number of benzene rings is 2. The molecular formula is C22H18F3N3O4. The van der Waals surface area contributed by atoms with Gasteiger partial charge in [0.15, 0.2) is 5.76 Å². The van der Waals surface area contributed by atoms with Crippen molar-refractivity contribution >= 4 is 17.7 Å². The molecule has 10 heteroatoms. The number of primary amides is 1. The standard InChI is InChI=1S/C22H18F3N3O4/c23-22(24,25)16-4-2-1-3-15(16)17-9-10-18(32-17)21(31)27-11-13-5-7-14(8-6-13)20(30)28-12-19(26)29/h1-10H,11-12H2,(H2,26,29)(H,27,31)(H,28,30). The molecule has 0 fully saturated rings. The van der Waals surface area contributed by atoms with Crippen LogP contribution in [0.3, 0.4) is 0 Å². The first-order valence-electron chi connectivity index (χ1n) is 9.35. The third kappa shape index (κ3) is 5.54. The van der Waals surface area contributed by atoms with E-state index < -0.39 is 29.5 Å². The molecule has 0 spiro atoms. The maximum absolute atomic E-state index is 13.2. The molecule has 0 saturated carbocycles. The van der Waals surface area contributed by atoms with Gasteiger partial charge in [-0.3, -0.25) is 14.4 Å². The molecule has 0 aliphatic carbocycles. The number of rotatable bonds is 7. The smallest absolute Gasteiger partial charge is 0.417 e. The highest BCUT2D eigenvalue weighted by atomic mass is 19.4. The Morgan fingerprint density at radius 3 is 2.22 bits per heavy atom. The molecule has 4 N–H and O–H groups in total. The molecule has 0 aliphatic rings. The number of carbonyl (C=O) groups excluding carboxylic acids is 3. The number of hydrogen-bond donors (Lipinski definition) is 3. The van der Waals surface area contributed by atoms with Crippen LogP contribution in [0.4, 0.5) is 13.2 Å². The van der Waals surface area contributed by atoms with E-state index >= 15 is 0 Å². The number of nitrogens with one attached hydrogen (secondary N) is 2. The lowest BCUT2D eigenvalue weighted by molar-refractivity contribution is -0.137. The van der Waals surface area contributed by atoms with Gasteiger partial charge in [-0.15, -0.1) is 0 Å². The van der Waals surface area contributed by atoms with Gasteiger partial charge in [0.2, 0.25) is 5.91 Å². The Kier molecular flexibility index (Phi) is 6.62. The minimum absolute atomic E-state index is 0.0746. The van der Waals surface area contributed by atoms with Crippen LogP contribution in [0.25, 0.3) is 11.3 Å². The summed E-state index contributed by atoms with van der Waals surface area (Å²) in [5, 5.41) is 4.95. The molecule has 3 aromatic rings. The van der Waals surface area contributed by atoms with Crippen molar-refractivity contribution in [3.8, 4) is 11.3 Å². The second kappa shape index (κ2) is 9.38. The molecular weight excluding hydrogens is 427 g/mol. The van der Waals surface area contributed by atoms with Crippen LogP contribution < -0.4 is 16.4 Å². The van der Waals surface area contributed by atoms with Crippen LogP contribution >= 0.6 is 0 Å². The summed E-state index contributed by atoms with van der Waals surface area (Å²) in [7, 11) is 0. The Labute approximate surface area is 180 Å². The first-order valence-corrected chi connectivity index (χ1v) is 9.35. The second-order valence-electron chi connectivity index (χ2n) is 6.74. The van der Waals surface area contributed by atoms with Crippen LogP contribution in [-0.4, -0.2) is 24.3 Å². The van der Waals surface area contributed by atoms with Gasteiger partial charge in [-0.2, -0.15) is 13.2 Å². The molecule has 1 heterocycles. The molecule has 1 aromatic heterocycles. The molecule has 3 amide bonds. The van der Waals surface area contributed by atoms with Crippen molar-refractivity contribution in [1.29, 1.82) is 0 Å². The molecule has 0 aliphatic heterocycles. The van der Waals surface area contributed by atoms with E-state index in [0.29, 0.717) is 11.1 Å². The summed E-state index contributed by atoms with van der Waals surface area (Å²) in [4.78, 5) is 34.9. The van der Waals surface area contributed by atoms with E-state index in [0.717, 1.165) is 6.07 Å². The molecule has 7 nitrogen and oxygen atoms in total. The van der Waals surface area contributed by atoms with Gasteiger partial charge < -0.3 is 20.8 Å². The average Bonchev–Trinajstić information content (AvgIpc) is 3.26. The normalized spacial score (nSPS) is 11.1. The zero-order chi connectivity index (χ0) is 23.3. The SMILES string of the molecule is NC(=O)CNC(=O)c1ccc(CNC(=O)c2ccc(-c3ccccc3C(F)(F)F)o2)cc1. The number of amides is 3. The summed E-state index contributed by atoms with van der Waals surface area (Å²) < 4.78 is 44.9. The monoisotopic (exact) mass is 445 g/mol. The highest BCUT2D eigenvalue weighted by Crippen LogP contribution is 2.37. The lowest BCUT2D eigenvalue weighted by atomic mass is 10.1. The summed E-state index contributed by atoms with van der Waals surface area (Å²) in [6.07, 6.45) is -4.56. The van der Waals surface area contributed by atoms with Crippen LogP contribution in [0.1, 0.15) is 32.0 Å². The Hall–Kier alpha value is -4.08. The fourth-order valence-electron chi connectivity index (χ4n) is 2.86. The lowest BCUT2D eigenvalue weighted by Crippen LogP contribution is -2.33. The fourth-order valence-corrected chi connectivity index (χ4v) is 2.86. The molecule has 166 valence electrons. The van der Waals surface area contributed by atoms with E-state index in [-0.39, 0.29) is 30.2 Å². The molecule has 2 aromatic carbocycles. The van der Waals surface area contributed by atoms with E-state index in [1.165, 1.54) is 42.5 Å². The maximum atomic E-state index is 13.2. The van der Waals surface area contributed by atoms with Crippen LogP contribution in [0.5, 0.6) is 0 Å². The van der Waals surface area contributed by atoms with Gasteiger partial charge >= 0.3 is 6.18 Å². The van der Waals surface area contributed by atoms with Gasteiger partial charge in [0, 0.05) is 17.7 Å². The number of alkyl halides is 3. The van der Waals surface area contributed by atoms with Gasteiger partial charge in [-0.25, -0.2) is 0 Å². The Morgan fingerprint density at radius 1 is 0.875 bits per heavy atom. The first kappa shape index (κ1) is 22.6. The average molecular weight is 445 g/mol. The minimum Gasteiger partial charge on any atom is -0.451 e. The number of hydrogen-bond acceptors (Lipinski definition) is 4. The van der Waals surface area contributed by atoms with E-state index in [1.807, 2.05) is 0 Å². The Balaban J connectivity index is 1.63. The van der Waals surface area contributed by atoms with Crippen molar-refractivity contribution < 1.29 is 32.0 Å². The molecule has 32 heavy (non-hydrogen) atoms. The summed E-state index contributed by atoms with van der Waals surface area (Å²) in [6, 6.07) is 13.8. The van der Waals surface area contributed by atoms with Crippen LogP contribution in [0, 0.1) is 0 Å². The van der Waals surface area contributed by atoms with E-state index in [4.69, 9.17) is 10.2 Å². The van der Waals surface area contributed by atoms with Crippen molar-refractivity contribution in [2.45, 2.75) is 12.7 Å². The Bertz CT molecular complexity index is 1140. The van der Waals surface area contributed by atoms with Crippen molar-refractivity contribution in [3.05, 3.63) is 83.1 Å². The predicted molar refractivity (Wildman–Crippen MR) is 108 cm³/mol. The van der Waals surface area contributed by atoms with Crippen molar-refractivity contribution in [3.63, 3.8) is 0 Å². The largest absolute Gasteiger partial charge is 0.451 e. The fraction of sp³-hybridized carbons (Fsp3) is 0.136. The first-order chi connectivity index (χ1) is 15.1. The van der Waals surface area contributed by atoms with E-state index in [2.05, 4.69) is 10.6 Å². The molecule has 0 radical (unpaired) electrons. The van der Waals surface area contributed by atoms with Crippen molar-refractivity contribution in [2.24, 2.45) is 5.73 Å². The molecule has 3 rings (SSSR count). The Morgan fingerprint density at radius 2 is 1.56 bits per heavy atom. The third-order valence-corrected chi connectivity index (χ3v) is 4.42. The molecule has 0 unspecified atom stereocenters. The second-order valence-corrected chi connectivity index (χ2v) is 6.74. The summed E-state index contributed by atoms with van der Waals surface area (Å²) in [6.45, 7) is -0.188. The van der Waals surface area contributed by atoms with E-state index in [9.17, 15) is 27.6 Å². The topological polar surface area (TPSA) is 114 Å². The summed E-state index contributed by atoms with van der Waals surface area (Å²) >= 11 is 0.